The van der Waals surface area contributed by atoms with E-state index < -0.39 is 14.8 Å². The van der Waals surface area contributed by atoms with Crippen LogP contribution in [-0.4, -0.2) is 20.7 Å². The zero-order valence-electron chi connectivity index (χ0n) is 10.5. The topological polar surface area (TPSA) is 29.5 Å². The average molecular weight is 238 g/mol. The Labute approximate surface area is 101 Å². The number of hydrogen-bond acceptors (Lipinski definition) is 2. The molecule has 0 fully saturated rings. The lowest BCUT2D eigenvalue weighted by Crippen LogP contribution is -2.37. The lowest BCUT2D eigenvalue weighted by molar-refractivity contribution is 0.148. The molecule has 1 N–H and O–H groups in total. The minimum Gasteiger partial charge on any atom is -0.493 e. The van der Waals surface area contributed by atoms with Crippen LogP contribution in [0, 0.1) is 0 Å². The Kier molecular flexibility index (Phi) is 5.48. The van der Waals surface area contributed by atoms with Gasteiger partial charge in [-0.05, 0) is 26.3 Å². The fourth-order valence-corrected chi connectivity index (χ4v) is 3.06. The molecule has 0 aromatic heterocycles. The summed E-state index contributed by atoms with van der Waals surface area (Å²) in [5.74, 6) is 0. The number of rotatable bonds is 7. The average Bonchev–Trinajstić information content (AvgIpc) is 2.16. The second-order valence-corrected chi connectivity index (χ2v) is 5.65. The standard InChI is InChI=1S/C13H22O2Si/c1-8-15-12(9(2)3)13(16-14,10(4)5)11(6)7/h8,12,14H,1-2,4,6,16H2,3,5,7H3. The van der Waals surface area contributed by atoms with Gasteiger partial charge >= 0.3 is 0 Å². The van der Waals surface area contributed by atoms with E-state index >= 15 is 0 Å². The lowest BCUT2D eigenvalue weighted by atomic mass is 9.84. The van der Waals surface area contributed by atoms with Crippen LogP contribution in [0.5, 0.6) is 0 Å². The maximum absolute atomic E-state index is 9.83. The van der Waals surface area contributed by atoms with Gasteiger partial charge in [0.15, 0.2) is 9.76 Å². The van der Waals surface area contributed by atoms with Gasteiger partial charge in [0, 0.05) is 0 Å². The summed E-state index contributed by atoms with van der Waals surface area (Å²) in [6.45, 7) is 21.0. The van der Waals surface area contributed by atoms with Gasteiger partial charge in [0.25, 0.3) is 0 Å². The maximum Gasteiger partial charge on any atom is 0.175 e. The fraction of sp³-hybridized carbons (Fsp3) is 0.385. The van der Waals surface area contributed by atoms with E-state index in [0.717, 1.165) is 16.7 Å². The first kappa shape index (κ1) is 14.9. The van der Waals surface area contributed by atoms with Gasteiger partial charge in [0.1, 0.15) is 6.10 Å². The third kappa shape index (κ3) is 2.54. The van der Waals surface area contributed by atoms with Crippen molar-refractivity contribution in [2.75, 3.05) is 0 Å². The van der Waals surface area contributed by atoms with Crippen molar-refractivity contribution in [1.82, 2.24) is 0 Å². The molecule has 0 aromatic rings. The van der Waals surface area contributed by atoms with Gasteiger partial charge in [-0.15, -0.1) is 0 Å². The molecule has 1 atom stereocenters. The highest BCUT2D eigenvalue weighted by Crippen LogP contribution is 2.47. The molecule has 0 saturated heterocycles. The second-order valence-electron chi connectivity index (χ2n) is 4.22. The molecule has 0 aliphatic heterocycles. The zero-order chi connectivity index (χ0) is 12.9. The Bertz CT molecular complexity index is 304. The molecule has 16 heavy (non-hydrogen) atoms. The first-order valence-corrected chi connectivity index (χ1v) is 6.53. The smallest absolute Gasteiger partial charge is 0.175 e. The molecular formula is C13H22O2Si. The Balaban J connectivity index is 5.59. The van der Waals surface area contributed by atoms with Crippen molar-refractivity contribution < 1.29 is 9.53 Å². The number of hydrogen-bond donors (Lipinski definition) is 1. The summed E-state index contributed by atoms with van der Waals surface area (Å²) in [4.78, 5) is 9.83. The van der Waals surface area contributed by atoms with Crippen molar-refractivity contribution in [3.63, 3.8) is 0 Å². The number of ether oxygens (including phenoxy) is 1. The molecule has 0 aliphatic carbocycles. The monoisotopic (exact) mass is 238 g/mol. The van der Waals surface area contributed by atoms with Crippen LogP contribution in [0.1, 0.15) is 20.8 Å². The molecule has 2 nitrogen and oxygen atoms in total. The van der Waals surface area contributed by atoms with Gasteiger partial charge in [-0.1, -0.05) is 37.5 Å². The van der Waals surface area contributed by atoms with Gasteiger partial charge in [-0.3, -0.25) is 0 Å². The highest BCUT2D eigenvalue weighted by atomic mass is 28.2. The molecular weight excluding hydrogens is 216 g/mol. The molecule has 0 radical (unpaired) electrons. The summed E-state index contributed by atoms with van der Waals surface area (Å²) in [5, 5.41) is -0.556. The van der Waals surface area contributed by atoms with Crippen LogP contribution in [0.4, 0.5) is 0 Å². The molecule has 0 amide bonds. The summed E-state index contributed by atoms with van der Waals surface area (Å²) in [6, 6.07) is 0. The Hall–Kier alpha value is -1.06. The van der Waals surface area contributed by atoms with Crippen molar-refractivity contribution in [2.45, 2.75) is 31.9 Å². The van der Waals surface area contributed by atoms with Crippen molar-refractivity contribution in [2.24, 2.45) is 0 Å². The minimum atomic E-state index is -1.42. The molecule has 90 valence electrons. The van der Waals surface area contributed by atoms with E-state index in [1.807, 2.05) is 20.8 Å². The Morgan fingerprint density at radius 3 is 1.88 bits per heavy atom. The van der Waals surface area contributed by atoms with Crippen LogP contribution < -0.4 is 0 Å². The van der Waals surface area contributed by atoms with Crippen LogP contribution >= 0.6 is 0 Å². The SMILES string of the molecule is C=COC(C(=C)C)C([SiH2]O)(C(=C)C)C(=C)C. The van der Waals surface area contributed by atoms with Crippen molar-refractivity contribution in [3.05, 3.63) is 49.3 Å². The van der Waals surface area contributed by atoms with Gasteiger partial charge < -0.3 is 9.53 Å². The largest absolute Gasteiger partial charge is 0.493 e. The molecule has 3 heteroatoms. The third-order valence-corrected chi connectivity index (χ3v) is 4.98. The van der Waals surface area contributed by atoms with E-state index in [1.165, 1.54) is 6.26 Å². The quantitative estimate of drug-likeness (QED) is 0.419. The highest BCUT2D eigenvalue weighted by Gasteiger charge is 2.42. The van der Waals surface area contributed by atoms with Crippen molar-refractivity contribution in [3.8, 4) is 0 Å². The van der Waals surface area contributed by atoms with Gasteiger partial charge in [0.05, 0.1) is 11.3 Å². The van der Waals surface area contributed by atoms with Crippen molar-refractivity contribution >= 4 is 9.76 Å². The molecule has 0 aliphatic rings. The van der Waals surface area contributed by atoms with Gasteiger partial charge in [-0.2, -0.15) is 0 Å². The second kappa shape index (κ2) is 5.87. The van der Waals surface area contributed by atoms with Gasteiger partial charge in [-0.25, -0.2) is 0 Å². The summed E-state index contributed by atoms with van der Waals surface area (Å²) in [6.07, 6.45) is 1.06. The van der Waals surface area contributed by atoms with E-state index in [0.29, 0.717) is 0 Å². The van der Waals surface area contributed by atoms with E-state index in [2.05, 4.69) is 26.3 Å². The molecule has 0 saturated carbocycles. The van der Waals surface area contributed by atoms with E-state index in [4.69, 9.17) is 4.74 Å². The molecule has 0 rings (SSSR count). The molecule has 0 heterocycles. The van der Waals surface area contributed by atoms with E-state index in [-0.39, 0.29) is 6.10 Å². The molecule has 0 spiro atoms. The maximum atomic E-state index is 9.83. The summed E-state index contributed by atoms with van der Waals surface area (Å²) < 4.78 is 5.50. The zero-order valence-corrected chi connectivity index (χ0v) is 12.0. The van der Waals surface area contributed by atoms with Crippen molar-refractivity contribution in [1.29, 1.82) is 0 Å². The Morgan fingerprint density at radius 1 is 1.25 bits per heavy atom. The first-order chi connectivity index (χ1) is 7.34. The van der Waals surface area contributed by atoms with Crippen LogP contribution in [-0.2, 0) is 4.74 Å². The van der Waals surface area contributed by atoms with Crippen LogP contribution in [0.15, 0.2) is 49.3 Å². The molecule has 0 aromatic carbocycles. The molecule has 1 unspecified atom stereocenters. The summed E-state index contributed by atoms with van der Waals surface area (Å²) >= 11 is 0. The lowest BCUT2D eigenvalue weighted by Gasteiger charge is -2.40. The van der Waals surface area contributed by atoms with Gasteiger partial charge in [0.2, 0.25) is 0 Å². The molecule has 0 bridgehead atoms. The highest BCUT2D eigenvalue weighted by molar-refractivity contribution is 6.34. The summed E-state index contributed by atoms with van der Waals surface area (Å²) in [5.41, 5.74) is 2.57. The van der Waals surface area contributed by atoms with Crippen LogP contribution in [0.2, 0.25) is 5.04 Å². The van der Waals surface area contributed by atoms with E-state index in [9.17, 15) is 4.80 Å². The van der Waals surface area contributed by atoms with Crippen LogP contribution in [0.25, 0.3) is 0 Å². The minimum absolute atomic E-state index is 0.323. The van der Waals surface area contributed by atoms with E-state index in [1.54, 1.807) is 0 Å². The predicted molar refractivity (Wildman–Crippen MR) is 73.0 cm³/mol. The third-order valence-electron chi connectivity index (χ3n) is 2.90. The predicted octanol–water partition coefficient (Wildman–Crippen LogP) is 2.48. The first-order valence-electron chi connectivity index (χ1n) is 5.19. The normalized spacial score (nSPS) is 13.5. The fourth-order valence-electron chi connectivity index (χ4n) is 1.91. The van der Waals surface area contributed by atoms with Crippen LogP contribution in [0.3, 0.4) is 0 Å². The Morgan fingerprint density at radius 2 is 1.69 bits per heavy atom. The summed E-state index contributed by atoms with van der Waals surface area (Å²) in [7, 11) is -1.42.